The fourth-order valence-corrected chi connectivity index (χ4v) is 2.56. The van der Waals surface area contributed by atoms with Gasteiger partial charge in [0.05, 0.1) is 7.11 Å². The van der Waals surface area contributed by atoms with Gasteiger partial charge < -0.3 is 9.64 Å². The summed E-state index contributed by atoms with van der Waals surface area (Å²) in [5, 5.41) is 3.00. The van der Waals surface area contributed by atoms with Crippen molar-refractivity contribution >= 4 is 17.6 Å². The second kappa shape index (κ2) is 6.83. The molecule has 1 aliphatic rings. The van der Waals surface area contributed by atoms with Crippen molar-refractivity contribution in [2.75, 3.05) is 18.6 Å². The van der Waals surface area contributed by atoms with Crippen LogP contribution in [0, 0.1) is 11.6 Å². The number of methoxy groups -OCH3 is 1. The molecule has 0 aromatic heterocycles. The van der Waals surface area contributed by atoms with Gasteiger partial charge in [-0.15, -0.1) is 0 Å². The molecule has 1 aliphatic heterocycles. The highest BCUT2D eigenvalue weighted by Crippen LogP contribution is 2.27. The molecule has 5 nitrogen and oxygen atoms in total. The molecule has 0 radical (unpaired) electrons. The van der Waals surface area contributed by atoms with E-state index < -0.39 is 23.6 Å². The first kappa shape index (κ1) is 16.4. The van der Waals surface area contributed by atoms with Crippen molar-refractivity contribution in [1.82, 2.24) is 5.32 Å². The lowest BCUT2D eigenvalue weighted by atomic mass is 10.1. The average molecular weight is 312 g/mol. The van der Waals surface area contributed by atoms with Crippen molar-refractivity contribution in [2.24, 2.45) is 0 Å². The number of halogens is 2. The van der Waals surface area contributed by atoms with Gasteiger partial charge in [-0.3, -0.25) is 14.9 Å². The first-order valence-corrected chi connectivity index (χ1v) is 7.06. The molecular formula is C15H18F2N2O3. The number of ether oxygens (including phenoxy) is 1. The number of amides is 1. The minimum Gasteiger partial charge on any atom is -0.468 e. The molecular weight excluding hydrogens is 294 g/mol. The lowest BCUT2D eigenvalue weighted by Crippen LogP contribution is -2.44. The Bertz CT molecular complexity index is 560. The van der Waals surface area contributed by atoms with Crippen molar-refractivity contribution < 1.29 is 23.1 Å². The summed E-state index contributed by atoms with van der Waals surface area (Å²) in [4.78, 5) is 24.7. The Hall–Kier alpha value is -2.02. The number of para-hydroxylation sites is 1. The predicted molar refractivity (Wildman–Crippen MR) is 76.3 cm³/mol. The zero-order valence-electron chi connectivity index (χ0n) is 12.4. The van der Waals surface area contributed by atoms with Crippen molar-refractivity contribution in [1.29, 1.82) is 0 Å². The lowest BCUT2D eigenvalue weighted by molar-refractivity contribution is -0.143. The lowest BCUT2D eigenvalue weighted by Gasteiger charge is -2.21. The topological polar surface area (TPSA) is 58.6 Å². The molecule has 0 spiro atoms. The fourth-order valence-electron chi connectivity index (χ4n) is 2.56. The smallest absolute Gasteiger partial charge is 0.322 e. The third kappa shape index (κ3) is 3.24. The minimum atomic E-state index is -0.783. The summed E-state index contributed by atoms with van der Waals surface area (Å²) >= 11 is 0. The Morgan fingerprint density at radius 3 is 2.64 bits per heavy atom. The average Bonchev–Trinajstić information content (AvgIpc) is 2.84. The number of esters is 1. The number of hydrogen-bond acceptors (Lipinski definition) is 4. The maximum atomic E-state index is 13.8. The summed E-state index contributed by atoms with van der Waals surface area (Å²) in [6.45, 7) is 1.91. The summed E-state index contributed by atoms with van der Waals surface area (Å²) in [6.07, 6.45) is 0.562. The standard InChI is InChI=1S/C15H18F2N2O3/c1-3-12(15(21)22-2)18-9-7-13(20)19(8-9)14-10(16)5-4-6-11(14)17/h4-6,9,12,18H,3,7-8H2,1-2H3/t9-,12+/m1/s1. The molecule has 0 aliphatic carbocycles. The number of rotatable bonds is 5. The molecule has 1 heterocycles. The largest absolute Gasteiger partial charge is 0.468 e. The Morgan fingerprint density at radius 2 is 2.09 bits per heavy atom. The monoisotopic (exact) mass is 312 g/mol. The van der Waals surface area contributed by atoms with Gasteiger partial charge in [0, 0.05) is 19.0 Å². The molecule has 120 valence electrons. The summed E-state index contributed by atoms with van der Waals surface area (Å²) in [5.74, 6) is -2.38. The molecule has 1 aromatic carbocycles. The number of benzene rings is 1. The van der Waals surface area contributed by atoms with Crippen LogP contribution in [0.3, 0.4) is 0 Å². The number of nitrogens with zero attached hydrogens (tertiary/aromatic N) is 1. The molecule has 0 bridgehead atoms. The van der Waals surface area contributed by atoms with E-state index >= 15 is 0 Å². The van der Waals surface area contributed by atoms with E-state index in [1.54, 1.807) is 6.92 Å². The highest BCUT2D eigenvalue weighted by Gasteiger charge is 2.35. The Balaban J connectivity index is 2.13. The van der Waals surface area contributed by atoms with E-state index in [1.165, 1.54) is 13.2 Å². The van der Waals surface area contributed by atoms with E-state index in [0.29, 0.717) is 6.42 Å². The number of carbonyl (C=O) groups excluding carboxylic acids is 2. The van der Waals surface area contributed by atoms with E-state index in [0.717, 1.165) is 17.0 Å². The van der Waals surface area contributed by atoms with Crippen molar-refractivity contribution in [3.63, 3.8) is 0 Å². The normalized spacial score (nSPS) is 19.4. The molecule has 1 amide bonds. The molecule has 22 heavy (non-hydrogen) atoms. The molecule has 1 saturated heterocycles. The molecule has 2 atom stereocenters. The van der Waals surface area contributed by atoms with Gasteiger partial charge in [-0.25, -0.2) is 8.78 Å². The number of carbonyl (C=O) groups is 2. The maximum Gasteiger partial charge on any atom is 0.322 e. The van der Waals surface area contributed by atoms with Crippen molar-refractivity contribution in [3.05, 3.63) is 29.8 Å². The van der Waals surface area contributed by atoms with E-state index in [4.69, 9.17) is 0 Å². The van der Waals surface area contributed by atoms with Gasteiger partial charge in [0.2, 0.25) is 5.91 Å². The fraction of sp³-hybridized carbons (Fsp3) is 0.467. The maximum absolute atomic E-state index is 13.8. The van der Waals surface area contributed by atoms with Crippen LogP contribution in [0.4, 0.5) is 14.5 Å². The Labute approximate surface area is 127 Å². The first-order chi connectivity index (χ1) is 10.5. The van der Waals surface area contributed by atoms with E-state index in [9.17, 15) is 18.4 Å². The van der Waals surface area contributed by atoms with Crippen LogP contribution in [0.5, 0.6) is 0 Å². The van der Waals surface area contributed by atoms with Gasteiger partial charge in [-0.05, 0) is 18.6 Å². The predicted octanol–water partition coefficient (Wildman–Crippen LogP) is 1.61. The van der Waals surface area contributed by atoms with Gasteiger partial charge in [0.15, 0.2) is 0 Å². The van der Waals surface area contributed by atoms with Crippen LogP contribution in [0.25, 0.3) is 0 Å². The second-order valence-corrected chi connectivity index (χ2v) is 5.13. The van der Waals surface area contributed by atoms with Crippen LogP contribution >= 0.6 is 0 Å². The zero-order valence-corrected chi connectivity index (χ0v) is 12.4. The third-order valence-electron chi connectivity index (χ3n) is 3.66. The van der Waals surface area contributed by atoms with Crippen LogP contribution in [-0.4, -0.2) is 37.6 Å². The van der Waals surface area contributed by atoms with Gasteiger partial charge in [0.25, 0.3) is 0 Å². The SMILES string of the molecule is CC[C@H](N[C@@H]1CC(=O)N(c2c(F)cccc2F)C1)C(=O)OC. The van der Waals surface area contributed by atoms with Gasteiger partial charge in [0.1, 0.15) is 23.4 Å². The van der Waals surface area contributed by atoms with Crippen LogP contribution in [0.2, 0.25) is 0 Å². The van der Waals surface area contributed by atoms with E-state index in [-0.39, 0.29) is 30.6 Å². The molecule has 1 fully saturated rings. The van der Waals surface area contributed by atoms with Crippen molar-refractivity contribution in [3.8, 4) is 0 Å². The van der Waals surface area contributed by atoms with Gasteiger partial charge in [-0.2, -0.15) is 0 Å². The molecule has 0 saturated carbocycles. The minimum absolute atomic E-state index is 0.0707. The summed E-state index contributed by atoms with van der Waals surface area (Å²) in [7, 11) is 1.29. The van der Waals surface area contributed by atoms with Gasteiger partial charge in [-0.1, -0.05) is 13.0 Å². The Kier molecular flexibility index (Phi) is 5.07. The highest BCUT2D eigenvalue weighted by atomic mass is 19.1. The van der Waals surface area contributed by atoms with Crippen LogP contribution in [0.15, 0.2) is 18.2 Å². The van der Waals surface area contributed by atoms with Crippen LogP contribution < -0.4 is 10.2 Å². The molecule has 0 unspecified atom stereocenters. The van der Waals surface area contributed by atoms with Crippen LogP contribution in [-0.2, 0) is 14.3 Å². The van der Waals surface area contributed by atoms with Crippen molar-refractivity contribution in [2.45, 2.75) is 31.8 Å². The number of hydrogen-bond donors (Lipinski definition) is 1. The molecule has 2 rings (SSSR count). The summed E-state index contributed by atoms with van der Waals surface area (Å²) < 4.78 is 32.2. The van der Waals surface area contributed by atoms with Gasteiger partial charge >= 0.3 is 5.97 Å². The first-order valence-electron chi connectivity index (χ1n) is 7.06. The molecule has 7 heteroatoms. The zero-order chi connectivity index (χ0) is 16.3. The van der Waals surface area contributed by atoms with E-state index in [1.807, 2.05) is 0 Å². The summed E-state index contributed by atoms with van der Waals surface area (Å²) in [5.41, 5.74) is -0.345. The molecule has 1 aromatic rings. The number of anilines is 1. The highest BCUT2D eigenvalue weighted by molar-refractivity contribution is 5.96. The Morgan fingerprint density at radius 1 is 1.45 bits per heavy atom. The third-order valence-corrected chi connectivity index (χ3v) is 3.66. The number of nitrogens with one attached hydrogen (secondary N) is 1. The quantitative estimate of drug-likeness (QED) is 0.839. The van der Waals surface area contributed by atoms with E-state index in [2.05, 4.69) is 10.1 Å². The second-order valence-electron chi connectivity index (χ2n) is 5.13. The van der Waals surface area contributed by atoms with Crippen LogP contribution in [0.1, 0.15) is 19.8 Å². The molecule has 1 N–H and O–H groups in total. The summed E-state index contributed by atoms with van der Waals surface area (Å²) in [6, 6.07) is 2.55.